The van der Waals surface area contributed by atoms with Crippen LogP contribution in [0.25, 0.3) is 0 Å². The molecule has 0 aliphatic carbocycles. The van der Waals surface area contributed by atoms with Crippen molar-refractivity contribution in [2.45, 2.75) is 68.7 Å². The molecule has 5 heterocycles. The average Bonchev–Trinajstić information content (AvgIpc) is 3.67. The molecule has 17 heteroatoms. The highest BCUT2D eigenvalue weighted by Gasteiger charge is 2.60. The summed E-state index contributed by atoms with van der Waals surface area (Å²) < 4.78 is 1.25. The first-order valence-electron chi connectivity index (χ1n) is 13.0. The van der Waals surface area contributed by atoms with E-state index in [2.05, 4.69) is 26.2 Å². The van der Waals surface area contributed by atoms with Gasteiger partial charge in [0.25, 0.3) is 0 Å². The number of aliphatic carboxylic acids is 2. The third-order valence-corrected chi connectivity index (χ3v) is 9.51. The summed E-state index contributed by atoms with van der Waals surface area (Å²) >= 11 is 1.33. The maximum Gasteiger partial charge on any atom is 0.353 e. The minimum atomic E-state index is -1.21. The lowest BCUT2D eigenvalue weighted by Gasteiger charge is -2.47. The Hall–Kier alpha value is -3.57. The molecule has 0 aromatic carbocycles. The monoisotopic (exact) mass is 577 g/mol. The number of nitrogens with one attached hydrogen (secondary N) is 2. The van der Waals surface area contributed by atoms with Crippen molar-refractivity contribution in [3.63, 3.8) is 0 Å². The van der Waals surface area contributed by atoms with E-state index >= 15 is 0 Å². The number of rotatable bonds is 9. The fraction of sp³-hybridized carbons (Fsp3) is 0.652. The van der Waals surface area contributed by atoms with E-state index in [9.17, 15) is 34.2 Å². The van der Waals surface area contributed by atoms with Crippen molar-refractivity contribution in [1.29, 1.82) is 0 Å². The van der Waals surface area contributed by atoms with Crippen LogP contribution in [0.5, 0.6) is 0 Å². The Bertz CT molecular complexity index is 1260. The Balaban J connectivity index is 1.24. The van der Waals surface area contributed by atoms with Crippen molar-refractivity contribution in [1.82, 2.24) is 40.6 Å². The zero-order chi connectivity index (χ0) is 28.9. The fourth-order valence-electron chi connectivity index (χ4n) is 6.19. The van der Waals surface area contributed by atoms with Crippen LogP contribution in [-0.2, 0) is 30.5 Å². The summed E-state index contributed by atoms with van der Waals surface area (Å²) in [4.78, 5) is 65.7. The minimum absolute atomic E-state index is 0.0674. The van der Waals surface area contributed by atoms with E-state index in [1.54, 1.807) is 6.92 Å². The van der Waals surface area contributed by atoms with Crippen LogP contribution in [0.3, 0.4) is 0 Å². The number of tetrazole rings is 1. The molecule has 4 aliphatic heterocycles. The van der Waals surface area contributed by atoms with Crippen molar-refractivity contribution in [2.24, 2.45) is 17.6 Å². The summed E-state index contributed by atoms with van der Waals surface area (Å²) in [5, 5.41) is 35.9. The van der Waals surface area contributed by atoms with Gasteiger partial charge in [-0.1, -0.05) is 6.92 Å². The number of amides is 3. The summed E-state index contributed by atoms with van der Waals surface area (Å²) in [5.41, 5.74) is 5.84. The zero-order valence-corrected chi connectivity index (χ0v) is 22.7. The molecule has 1 aromatic rings. The number of hydrogen-bond acceptors (Lipinski definition) is 11. The van der Waals surface area contributed by atoms with Gasteiger partial charge in [-0.05, 0) is 30.2 Å². The molecule has 3 fully saturated rings. The molecule has 40 heavy (non-hydrogen) atoms. The van der Waals surface area contributed by atoms with Gasteiger partial charge in [-0.2, -0.15) is 0 Å². The molecule has 3 amide bonds. The number of nitrogens with zero attached hydrogens (tertiary/aromatic N) is 6. The molecule has 6 N–H and O–H groups in total. The SMILES string of the molecule is C[C@@H](NC(=O)Cn1cnnn1)[C@H]1C(=O)N2C(C(=O)O)=C(S[C@@H]3CN[C@H](C(=O)N4C[C@H](N)C[C@H]4C(=O)O)C3)[C@H](C)[C@H]12. The summed E-state index contributed by atoms with van der Waals surface area (Å²) in [5.74, 6) is -4.30. The van der Waals surface area contributed by atoms with Crippen LogP contribution >= 0.6 is 11.8 Å². The van der Waals surface area contributed by atoms with Crippen molar-refractivity contribution in [2.75, 3.05) is 13.1 Å². The van der Waals surface area contributed by atoms with Gasteiger partial charge >= 0.3 is 11.9 Å². The number of β-lactam (4-membered cyclic amide) rings is 1. The number of carbonyl (C=O) groups excluding carboxylic acids is 3. The van der Waals surface area contributed by atoms with Crippen LogP contribution in [0.2, 0.25) is 0 Å². The lowest BCUT2D eigenvalue weighted by Crippen LogP contribution is -2.66. The van der Waals surface area contributed by atoms with Crippen LogP contribution in [0, 0.1) is 11.8 Å². The number of carboxylic acid groups (broad SMARTS) is 2. The van der Waals surface area contributed by atoms with E-state index in [0.29, 0.717) is 17.9 Å². The van der Waals surface area contributed by atoms with Crippen LogP contribution in [-0.4, -0.2) is 118 Å². The molecule has 0 saturated carbocycles. The molecule has 0 radical (unpaired) electrons. The molecular weight excluding hydrogens is 546 g/mol. The maximum absolute atomic E-state index is 13.1. The van der Waals surface area contributed by atoms with Crippen LogP contribution in [0.15, 0.2) is 16.9 Å². The second-order valence-corrected chi connectivity index (χ2v) is 12.0. The quantitative estimate of drug-likeness (QED) is 0.190. The molecule has 4 aliphatic rings. The van der Waals surface area contributed by atoms with E-state index in [0.717, 1.165) is 0 Å². The third-order valence-electron chi connectivity index (χ3n) is 8.00. The molecule has 3 saturated heterocycles. The third kappa shape index (κ3) is 4.92. The van der Waals surface area contributed by atoms with E-state index < -0.39 is 48.1 Å². The molecule has 216 valence electrons. The van der Waals surface area contributed by atoms with E-state index in [4.69, 9.17) is 5.73 Å². The predicted molar refractivity (Wildman–Crippen MR) is 137 cm³/mol. The van der Waals surface area contributed by atoms with Gasteiger partial charge in [-0.15, -0.1) is 16.9 Å². The molecule has 0 unspecified atom stereocenters. The molecular formula is C23H31N9O7S. The number of hydrogen-bond donors (Lipinski definition) is 5. The smallest absolute Gasteiger partial charge is 0.353 e. The zero-order valence-electron chi connectivity index (χ0n) is 21.8. The van der Waals surface area contributed by atoms with Gasteiger partial charge < -0.3 is 36.4 Å². The topological polar surface area (TPSA) is 226 Å². The van der Waals surface area contributed by atoms with Crippen molar-refractivity contribution in [3.8, 4) is 0 Å². The van der Waals surface area contributed by atoms with E-state index in [1.807, 2.05) is 6.92 Å². The molecule has 5 rings (SSSR count). The highest BCUT2D eigenvalue weighted by Crippen LogP contribution is 2.51. The number of likely N-dealkylation sites (tertiary alicyclic amines) is 1. The Kier molecular flexibility index (Phi) is 7.54. The Morgan fingerprint density at radius 1 is 1.27 bits per heavy atom. The van der Waals surface area contributed by atoms with Crippen molar-refractivity contribution in [3.05, 3.63) is 16.9 Å². The maximum atomic E-state index is 13.1. The molecule has 1 aromatic heterocycles. The highest BCUT2D eigenvalue weighted by atomic mass is 32.2. The van der Waals surface area contributed by atoms with Crippen molar-refractivity contribution < 1.29 is 34.2 Å². The van der Waals surface area contributed by atoms with Gasteiger partial charge in [0.05, 0.1) is 18.0 Å². The normalized spacial score (nSPS) is 32.2. The van der Waals surface area contributed by atoms with Gasteiger partial charge in [-0.3, -0.25) is 14.4 Å². The Morgan fingerprint density at radius 3 is 2.67 bits per heavy atom. The van der Waals surface area contributed by atoms with E-state index in [-0.39, 0.29) is 54.1 Å². The number of fused-ring (bicyclic) bond motifs is 1. The van der Waals surface area contributed by atoms with Gasteiger partial charge in [0.15, 0.2) is 0 Å². The van der Waals surface area contributed by atoms with Crippen LogP contribution in [0.4, 0.5) is 0 Å². The first-order valence-corrected chi connectivity index (χ1v) is 13.9. The predicted octanol–water partition coefficient (Wildman–Crippen LogP) is -2.57. The summed E-state index contributed by atoms with van der Waals surface area (Å²) in [6.45, 7) is 4.03. The Labute approximate surface area is 232 Å². The largest absolute Gasteiger partial charge is 0.480 e. The highest BCUT2D eigenvalue weighted by molar-refractivity contribution is 8.03. The van der Waals surface area contributed by atoms with Gasteiger partial charge in [-0.25, -0.2) is 14.3 Å². The lowest BCUT2D eigenvalue weighted by atomic mass is 9.78. The lowest BCUT2D eigenvalue weighted by molar-refractivity contribution is -0.158. The minimum Gasteiger partial charge on any atom is -0.480 e. The van der Waals surface area contributed by atoms with Crippen molar-refractivity contribution >= 4 is 41.4 Å². The van der Waals surface area contributed by atoms with E-state index in [1.165, 1.54) is 32.6 Å². The standard InChI is InChI=1S/C23H31N9O7S/c1-9-17-16(10(2)27-15(33)7-30-8-26-28-29-30)21(35)32(17)18(23(38)39)19(9)40-12-4-13(25-5-12)20(34)31-6-11(24)3-14(31)22(36)37/h8-14,16-17,25H,3-7,24H2,1-2H3,(H,27,33)(H,36,37)(H,38,39)/t9-,10-,11-,12+,13+,14+,16-,17-/m1/s1. The number of carbonyl (C=O) groups is 5. The van der Waals surface area contributed by atoms with Gasteiger partial charge in [0.2, 0.25) is 17.7 Å². The second kappa shape index (κ2) is 10.8. The summed E-state index contributed by atoms with van der Waals surface area (Å²) in [7, 11) is 0. The summed E-state index contributed by atoms with van der Waals surface area (Å²) in [6.07, 6.45) is 1.87. The first kappa shape index (κ1) is 28.0. The molecule has 0 spiro atoms. The average molecular weight is 578 g/mol. The summed E-state index contributed by atoms with van der Waals surface area (Å²) in [6, 6.07) is -2.96. The van der Waals surface area contributed by atoms with Gasteiger partial charge in [0.1, 0.15) is 24.6 Å². The number of carboxylic acids is 2. The molecule has 8 atom stereocenters. The number of aromatic nitrogens is 4. The molecule has 0 bridgehead atoms. The fourth-order valence-corrected chi connectivity index (χ4v) is 7.67. The first-order chi connectivity index (χ1) is 19.0. The number of thioether (sulfide) groups is 1. The Morgan fingerprint density at radius 2 is 2.02 bits per heavy atom. The van der Waals surface area contributed by atoms with Gasteiger partial charge in [0, 0.05) is 41.2 Å². The molecule has 16 nitrogen and oxygen atoms in total. The van der Waals surface area contributed by atoms with Crippen LogP contribution < -0.4 is 16.4 Å². The number of nitrogens with two attached hydrogens (primary N) is 1. The second-order valence-electron chi connectivity index (χ2n) is 10.7. The van der Waals surface area contributed by atoms with Crippen LogP contribution in [0.1, 0.15) is 26.7 Å².